The molecule has 0 fully saturated rings. The highest BCUT2D eigenvalue weighted by Crippen LogP contribution is 2.25. The van der Waals surface area contributed by atoms with Crippen molar-refractivity contribution in [3.05, 3.63) is 46.0 Å². The Morgan fingerprint density at radius 2 is 2.16 bits per heavy atom. The van der Waals surface area contributed by atoms with Gasteiger partial charge in [0, 0.05) is 19.2 Å². The molecule has 2 aromatic rings. The van der Waals surface area contributed by atoms with E-state index in [4.69, 9.17) is 17.3 Å². The molecule has 0 aliphatic heterocycles. The number of rotatable bonds is 4. The van der Waals surface area contributed by atoms with Crippen LogP contribution in [0, 0.1) is 13.8 Å². The van der Waals surface area contributed by atoms with Gasteiger partial charge in [0.25, 0.3) is 0 Å². The van der Waals surface area contributed by atoms with Crippen LogP contribution in [0.4, 0.5) is 0 Å². The summed E-state index contributed by atoms with van der Waals surface area (Å²) in [5.41, 5.74) is 10.1. The minimum absolute atomic E-state index is 0.167. The summed E-state index contributed by atoms with van der Waals surface area (Å²) in [4.78, 5) is 4.37. The average molecular weight is 279 g/mol. The molecule has 0 aliphatic rings. The highest BCUT2D eigenvalue weighted by molar-refractivity contribution is 6.31. The number of nitrogens with two attached hydrogens (primary N) is 1. The zero-order valence-corrected chi connectivity index (χ0v) is 12.3. The first-order valence-electron chi connectivity index (χ1n) is 6.43. The van der Waals surface area contributed by atoms with E-state index in [1.54, 1.807) is 6.20 Å². The van der Waals surface area contributed by atoms with E-state index in [0.717, 1.165) is 29.2 Å². The molecular weight excluding hydrogens is 260 g/mol. The Morgan fingerprint density at radius 3 is 2.79 bits per heavy atom. The Bertz CT molecular complexity index is 577. The topological polar surface area (TPSA) is 56.7 Å². The molecule has 1 atom stereocenters. The van der Waals surface area contributed by atoms with Gasteiger partial charge in [-0.15, -0.1) is 0 Å². The number of nitrogens with zero attached hydrogens (tertiary/aromatic N) is 3. The van der Waals surface area contributed by atoms with Gasteiger partial charge in [-0.3, -0.25) is 9.67 Å². The molecule has 0 bridgehead atoms. The van der Waals surface area contributed by atoms with Gasteiger partial charge in [-0.1, -0.05) is 17.7 Å². The smallest absolute Gasteiger partial charge is 0.0847 e. The van der Waals surface area contributed by atoms with Crippen molar-refractivity contribution >= 4 is 11.6 Å². The van der Waals surface area contributed by atoms with E-state index in [0.29, 0.717) is 11.4 Å². The van der Waals surface area contributed by atoms with E-state index in [1.165, 1.54) is 0 Å². The fourth-order valence-corrected chi connectivity index (χ4v) is 2.47. The first-order valence-corrected chi connectivity index (χ1v) is 6.81. The van der Waals surface area contributed by atoms with Crippen LogP contribution in [-0.4, -0.2) is 14.8 Å². The zero-order chi connectivity index (χ0) is 14.0. The van der Waals surface area contributed by atoms with Crippen molar-refractivity contribution in [1.82, 2.24) is 14.8 Å². The highest BCUT2D eigenvalue weighted by Gasteiger charge is 2.18. The molecule has 2 N–H and O–H groups in total. The SMILES string of the molecule is CCn1nc(C)c(Cl)c1CC(N)c1ncccc1C. The van der Waals surface area contributed by atoms with Crippen molar-refractivity contribution < 1.29 is 0 Å². The number of aryl methyl sites for hydroxylation is 3. The maximum Gasteiger partial charge on any atom is 0.0847 e. The fraction of sp³-hybridized carbons (Fsp3) is 0.429. The van der Waals surface area contributed by atoms with E-state index in [2.05, 4.69) is 10.1 Å². The van der Waals surface area contributed by atoms with Gasteiger partial charge in [-0.25, -0.2) is 0 Å². The lowest BCUT2D eigenvalue weighted by Crippen LogP contribution is -2.18. The summed E-state index contributed by atoms with van der Waals surface area (Å²) in [6.45, 7) is 6.77. The van der Waals surface area contributed by atoms with Gasteiger partial charge in [0.05, 0.1) is 28.1 Å². The second kappa shape index (κ2) is 5.72. The minimum Gasteiger partial charge on any atom is -0.322 e. The van der Waals surface area contributed by atoms with Crippen molar-refractivity contribution in [2.75, 3.05) is 0 Å². The third-order valence-electron chi connectivity index (χ3n) is 3.27. The first kappa shape index (κ1) is 14.0. The molecule has 0 saturated carbocycles. The summed E-state index contributed by atoms with van der Waals surface area (Å²) < 4.78 is 1.91. The van der Waals surface area contributed by atoms with Crippen molar-refractivity contribution in [2.45, 2.75) is 39.8 Å². The predicted octanol–water partition coefficient (Wildman–Crippen LogP) is 2.81. The second-order valence-corrected chi connectivity index (χ2v) is 5.06. The molecule has 0 spiro atoms. The molecule has 19 heavy (non-hydrogen) atoms. The van der Waals surface area contributed by atoms with Gasteiger partial charge in [0.2, 0.25) is 0 Å². The summed E-state index contributed by atoms with van der Waals surface area (Å²) in [5.74, 6) is 0. The Labute approximate surface area is 118 Å². The molecule has 0 saturated heterocycles. The van der Waals surface area contributed by atoms with Crippen LogP contribution in [0.3, 0.4) is 0 Å². The number of hydrogen-bond acceptors (Lipinski definition) is 3. The number of hydrogen-bond donors (Lipinski definition) is 1. The van der Waals surface area contributed by atoms with Crippen LogP contribution in [0.25, 0.3) is 0 Å². The molecule has 0 aliphatic carbocycles. The molecule has 2 rings (SSSR count). The van der Waals surface area contributed by atoms with E-state index in [9.17, 15) is 0 Å². The first-order chi connectivity index (χ1) is 9.04. The van der Waals surface area contributed by atoms with Crippen molar-refractivity contribution in [2.24, 2.45) is 5.73 Å². The van der Waals surface area contributed by atoms with Gasteiger partial charge in [0.15, 0.2) is 0 Å². The lowest BCUT2D eigenvalue weighted by Gasteiger charge is -2.14. The second-order valence-electron chi connectivity index (χ2n) is 4.68. The highest BCUT2D eigenvalue weighted by atomic mass is 35.5. The molecule has 5 heteroatoms. The summed E-state index contributed by atoms with van der Waals surface area (Å²) in [6, 6.07) is 3.77. The van der Waals surface area contributed by atoms with Gasteiger partial charge < -0.3 is 5.73 Å². The van der Waals surface area contributed by atoms with E-state index >= 15 is 0 Å². The van der Waals surface area contributed by atoms with Crippen LogP contribution < -0.4 is 5.73 Å². The van der Waals surface area contributed by atoms with Crippen LogP contribution in [0.15, 0.2) is 18.3 Å². The van der Waals surface area contributed by atoms with Crippen molar-refractivity contribution in [3.63, 3.8) is 0 Å². The lowest BCUT2D eigenvalue weighted by atomic mass is 10.0. The van der Waals surface area contributed by atoms with E-state index in [-0.39, 0.29) is 6.04 Å². The van der Waals surface area contributed by atoms with Crippen molar-refractivity contribution in [3.8, 4) is 0 Å². The van der Waals surface area contributed by atoms with Crippen molar-refractivity contribution in [1.29, 1.82) is 0 Å². The molecular formula is C14H19ClN4. The van der Waals surface area contributed by atoms with E-state index in [1.807, 2.05) is 37.6 Å². The minimum atomic E-state index is -0.167. The zero-order valence-electron chi connectivity index (χ0n) is 11.5. The van der Waals surface area contributed by atoms with Gasteiger partial charge in [-0.2, -0.15) is 5.10 Å². The number of halogens is 1. The van der Waals surface area contributed by atoms with Crippen LogP contribution in [-0.2, 0) is 13.0 Å². The number of pyridine rings is 1. The summed E-state index contributed by atoms with van der Waals surface area (Å²) in [7, 11) is 0. The van der Waals surface area contributed by atoms with Crippen LogP contribution in [0.5, 0.6) is 0 Å². The maximum absolute atomic E-state index is 6.30. The normalized spacial score (nSPS) is 12.7. The standard InChI is InChI=1S/C14H19ClN4/c1-4-19-12(13(15)10(3)18-19)8-11(16)14-9(2)6-5-7-17-14/h5-7,11H,4,8,16H2,1-3H3. The van der Waals surface area contributed by atoms with Crippen LogP contribution >= 0.6 is 11.6 Å². The van der Waals surface area contributed by atoms with Gasteiger partial charge in [-0.05, 0) is 32.4 Å². The molecule has 1 unspecified atom stereocenters. The Balaban J connectivity index is 2.29. The summed E-state index contributed by atoms with van der Waals surface area (Å²) in [6.07, 6.45) is 2.41. The molecule has 0 radical (unpaired) electrons. The third-order valence-corrected chi connectivity index (χ3v) is 3.76. The third kappa shape index (κ3) is 2.80. The predicted molar refractivity (Wildman–Crippen MR) is 77.3 cm³/mol. The quantitative estimate of drug-likeness (QED) is 0.936. The lowest BCUT2D eigenvalue weighted by molar-refractivity contribution is 0.581. The number of aromatic nitrogens is 3. The average Bonchev–Trinajstić information content (AvgIpc) is 2.67. The van der Waals surface area contributed by atoms with Gasteiger partial charge >= 0.3 is 0 Å². The molecule has 2 aromatic heterocycles. The monoisotopic (exact) mass is 278 g/mol. The fourth-order valence-electron chi connectivity index (χ4n) is 2.26. The molecule has 102 valence electrons. The van der Waals surface area contributed by atoms with Gasteiger partial charge in [0.1, 0.15) is 0 Å². The van der Waals surface area contributed by atoms with Crippen LogP contribution in [0.1, 0.15) is 35.6 Å². The van der Waals surface area contributed by atoms with E-state index < -0.39 is 0 Å². The largest absolute Gasteiger partial charge is 0.322 e. The molecule has 2 heterocycles. The Kier molecular flexibility index (Phi) is 4.22. The maximum atomic E-state index is 6.30. The summed E-state index contributed by atoms with van der Waals surface area (Å²) in [5, 5.41) is 5.12. The summed E-state index contributed by atoms with van der Waals surface area (Å²) >= 11 is 6.30. The molecule has 0 aromatic carbocycles. The Hall–Kier alpha value is -1.39. The van der Waals surface area contributed by atoms with Crippen LogP contribution in [0.2, 0.25) is 5.02 Å². The Morgan fingerprint density at radius 1 is 1.42 bits per heavy atom. The molecule has 0 amide bonds. The molecule has 4 nitrogen and oxygen atoms in total.